The van der Waals surface area contributed by atoms with E-state index in [4.69, 9.17) is 0 Å². The van der Waals surface area contributed by atoms with Gasteiger partial charge in [0.15, 0.2) is 0 Å². The molecule has 5 aromatic carbocycles. The van der Waals surface area contributed by atoms with Crippen LogP contribution in [0.15, 0.2) is 60.7 Å². The second kappa shape index (κ2) is 6.11. The largest absolute Gasteiger partial charge is 0.278 e. The molecule has 2 aliphatic carbocycles. The summed E-state index contributed by atoms with van der Waals surface area (Å²) in [6, 6.07) is 21.6. The van der Waals surface area contributed by atoms with E-state index in [0.717, 1.165) is 36.8 Å². The first-order valence-corrected chi connectivity index (χ1v) is 12.2. The van der Waals surface area contributed by atoms with Gasteiger partial charge in [-0.15, -0.1) is 0 Å². The maximum Gasteiger partial charge on any atom is 0.238 e. The monoisotopic (exact) mass is 429 g/mol. The second-order valence-corrected chi connectivity index (χ2v) is 10.2. The van der Waals surface area contributed by atoms with Crippen molar-refractivity contribution in [3.8, 4) is 0 Å². The number of fused-ring (bicyclic) bond motifs is 4. The van der Waals surface area contributed by atoms with Gasteiger partial charge in [0.2, 0.25) is 11.8 Å². The predicted octanol–water partition coefficient (Wildman–Crippen LogP) is 6.62. The van der Waals surface area contributed by atoms with Crippen LogP contribution < -0.4 is 0 Å². The Labute approximate surface area is 191 Å². The van der Waals surface area contributed by atoms with Gasteiger partial charge in [0.1, 0.15) is 0 Å². The van der Waals surface area contributed by atoms with Crippen LogP contribution in [0.1, 0.15) is 55.1 Å². The van der Waals surface area contributed by atoms with Crippen molar-refractivity contribution in [3.63, 3.8) is 0 Å². The minimum Gasteiger partial charge on any atom is -0.278 e. The lowest BCUT2D eigenvalue weighted by Gasteiger charge is -2.29. The summed E-state index contributed by atoms with van der Waals surface area (Å²) in [5.74, 6) is -0.756. The van der Waals surface area contributed by atoms with E-state index in [1.165, 1.54) is 49.5 Å². The summed E-state index contributed by atoms with van der Waals surface area (Å²) in [5.41, 5.74) is 2.09. The Morgan fingerprint density at radius 1 is 0.576 bits per heavy atom. The highest BCUT2D eigenvalue weighted by molar-refractivity contribution is 6.36. The summed E-state index contributed by atoms with van der Waals surface area (Å²) in [6.07, 6.45) is 5.30. The quantitative estimate of drug-likeness (QED) is 0.171. The van der Waals surface area contributed by atoms with Gasteiger partial charge in [-0.25, -0.2) is 0 Å². The van der Waals surface area contributed by atoms with Crippen LogP contribution in [0.2, 0.25) is 0 Å². The third-order valence-electron chi connectivity index (χ3n) is 8.65. The molecule has 2 fully saturated rings. The molecular weight excluding hydrogens is 406 g/mol. The van der Waals surface area contributed by atoms with Gasteiger partial charge in [0.05, 0.1) is 11.8 Å². The molecule has 3 aliphatic rings. The number of likely N-dealkylation sites (tertiary alicyclic amines) is 1. The highest BCUT2D eigenvalue weighted by Gasteiger charge is 2.53. The molecule has 1 saturated carbocycles. The number of hydrogen-bond acceptors (Lipinski definition) is 2. The molecular formula is C30H23NO2. The van der Waals surface area contributed by atoms with Crippen LogP contribution in [0, 0.1) is 0 Å². The number of carbonyl (C=O) groups excluding carboxylic acids is 2. The summed E-state index contributed by atoms with van der Waals surface area (Å²) in [7, 11) is 0. The Morgan fingerprint density at radius 3 is 1.61 bits per heavy atom. The third kappa shape index (κ3) is 2.07. The van der Waals surface area contributed by atoms with Crippen LogP contribution in [-0.2, 0) is 9.59 Å². The first-order valence-electron chi connectivity index (χ1n) is 12.2. The molecule has 2 unspecified atom stereocenters. The minimum atomic E-state index is -0.401. The van der Waals surface area contributed by atoms with Gasteiger partial charge in [-0.3, -0.25) is 14.5 Å². The number of imide groups is 1. The molecule has 0 bridgehead atoms. The molecule has 2 amide bonds. The van der Waals surface area contributed by atoms with Crippen LogP contribution in [0.3, 0.4) is 0 Å². The molecule has 1 heterocycles. The number of carbonyl (C=O) groups is 2. The molecule has 33 heavy (non-hydrogen) atoms. The van der Waals surface area contributed by atoms with Gasteiger partial charge < -0.3 is 0 Å². The van der Waals surface area contributed by atoms with Crippen molar-refractivity contribution < 1.29 is 9.59 Å². The topological polar surface area (TPSA) is 37.4 Å². The van der Waals surface area contributed by atoms with E-state index in [-0.39, 0.29) is 17.9 Å². The zero-order valence-corrected chi connectivity index (χ0v) is 18.3. The van der Waals surface area contributed by atoms with Gasteiger partial charge in [0, 0.05) is 6.04 Å². The Bertz CT molecular complexity index is 1540. The Hall–Kier alpha value is -3.46. The van der Waals surface area contributed by atoms with Gasteiger partial charge in [-0.1, -0.05) is 79.9 Å². The Morgan fingerprint density at radius 2 is 1.09 bits per heavy atom. The molecule has 0 N–H and O–H groups in total. The average molecular weight is 430 g/mol. The van der Waals surface area contributed by atoms with Crippen LogP contribution in [0.5, 0.6) is 0 Å². The highest BCUT2D eigenvalue weighted by Crippen LogP contribution is 2.55. The fourth-order valence-electron chi connectivity index (χ4n) is 7.31. The summed E-state index contributed by atoms with van der Waals surface area (Å²) in [4.78, 5) is 29.6. The molecule has 1 saturated heterocycles. The van der Waals surface area contributed by atoms with E-state index in [1.807, 2.05) is 0 Å². The normalized spacial score (nSPS) is 23.1. The zero-order chi connectivity index (χ0) is 21.8. The van der Waals surface area contributed by atoms with Crippen molar-refractivity contribution in [1.29, 1.82) is 0 Å². The highest BCUT2D eigenvalue weighted by atomic mass is 16.2. The van der Waals surface area contributed by atoms with Crippen molar-refractivity contribution in [1.82, 2.24) is 4.90 Å². The first-order chi connectivity index (χ1) is 16.2. The lowest BCUT2D eigenvalue weighted by Crippen LogP contribution is -2.41. The van der Waals surface area contributed by atoms with Crippen molar-refractivity contribution in [2.75, 3.05) is 0 Å². The van der Waals surface area contributed by atoms with Gasteiger partial charge in [-0.2, -0.15) is 0 Å². The Balaban J connectivity index is 1.52. The average Bonchev–Trinajstić information content (AvgIpc) is 3.13. The SMILES string of the molecule is O=C1C2c3ccc4cccc5c6cccc7ccc(c(c3c45)c76)C2C(=O)N1C1CCCCC1. The lowest BCUT2D eigenvalue weighted by atomic mass is 9.72. The number of hydrogen-bond donors (Lipinski definition) is 0. The summed E-state index contributed by atoms with van der Waals surface area (Å²) >= 11 is 0. The van der Waals surface area contributed by atoms with Crippen LogP contribution in [0.25, 0.3) is 43.1 Å². The standard InChI is InChI=1S/C30H23NO2/c32-29-27-21-14-12-16-6-4-10-19-20-11-5-7-17-13-15-22(26(24(17)20)25(21)23(16)19)28(27)30(33)31(29)18-8-2-1-3-9-18/h4-7,10-15,18,27-28H,1-3,8-9H2. The number of rotatable bonds is 1. The smallest absolute Gasteiger partial charge is 0.238 e. The second-order valence-electron chi connectivity index (χ2n) is 10.2. The zero-order valence-electron chi connectivity index (χ0n) is 18.3. The molecule has 160 valence electrons. The van der Waals surface area contributed by atoms with Crippen LogP contribution in [0.4, 0.5) is 0 Å². The molecule has 8 rings (SSSR count). The van der Waals surface area contributed by atoms with Crippen molar-refractivity contribution >= 4 is 54.9 Å². The van der Waals surface area contributed by atoms with E-state index in [2.05, 4.69) is 60.7 Å². The molecule has 5 aromatic rings. The maximum absolute atomic E-state index is 13.9. The van der Waals surface area contributed by atoms with E-state index in [0.29, 0.717) is 0 Å². The predicted molar refractivity (Wildman–Crippen MR) is 132 cm³/mol. The van der Waals surface area contributed by atoms with Crippen molar-refractivity contribution in [3.05, 3.63) is 71.8 Å². The molecule has 0 spiro atoms. The molecule has 0 aromatic heterocycles. The molecule has 2 atom stereocenters. The molecule has 3 heteroatoms. The molecule has 3 nitrogen and oxygen atoms in total. The van der Waals surface area contributed by atoms with Crippen molar-refractivity contribution in [2.24, 2.45) is 0 Å². The third-order valence-corrected chi connectivity index (χ3v) is 8.65. The summed E-state index contributed by atoms with van der Waals surface area (Å²) in [5, 5.41) is 9.71. The van der Waals surface area contributed by atoms with Crippen LogP contribution >= 0.6 is 0 Å². The van der Waals surface area contributed by atoms with Gasteiger partial charge in [0.25, 0.3) is 0 Å². The fraction of sp³-hybridized carbons (Fsp3) is 0.267. The van der Waals surface area contributed by atoms with Gasteiger partial charge >= 0.3 is 0 Å². The van der Waals surface area contributed by atoms with E-state index in [9.17, 15) is 9.59 Å². The van der Waals surface area contributed by atoms with Crippen molar-refractivity contribution in [2.45, 2.75) is 50.0 Å². The first kappa shape index (κ1) is 18.0. The molecule has 1 aliphatic heterocycles. The maximum atomic E-state index is 13.9. The summed E-state index contributed by atoms with van der Waals surface area (Å²) < 4.78 is 0. The minimum absolute atomic E-state index is 0.0228. The van der Waals surface area contributed by atoms with Gasteiger partial charge in [-0.05, 0) is 67.1 Å². The Kier molecular flexibility index (Phi) is 3.33. The number of benzene rings is 5. The summed E-state index contributed by atoms with van der Waals surface area (Å²) in [6.45, 7) is 0. The van der Waals surface area contributed by atoms with E-state index >= 15 is 0 Å². The number of nitrogens with zero attached hydrogens (tertiary/aromatic N) is 1. The van der Waals surface area contributed by atoms with E-state index in [1.54, 1.807) is 4.90 Å². The number of amides is 2. The van der Waals surface area contributed by atoms with Crippen LogP contribution in [-0.4, -0.2) is 22.8 Å². The fourth-order valence-corrected chi connectivity index (χ4v) is 7.31. The van der Waals surface area contributed by atoms with E-state index < -0.39 is 11.8 Å². The molecule has 0 radical (unpaired) electrons. The lowest BCUT2D eigenvalue weighted by molar-refractivity contribution is -0.142.